The molecular weight excluding hydrogens is 270 g/mol. The molecule has 1 aliphatic rings. The molecule has 0 bridgehead atoms. The molecule has 1 amide bonds. The van der Waals surface area contributed by atoms with Crippen molar-refractivity contribution in [3.8, 4) is 0 Å². The van der Waals surface area contributed by atoms with Gasteiger partial charge in [0.1, 0.15) is 5.01 Å². The van der Waals surface area contributed by atoms with E-state index in [1.54, 1.807) is 23.1 Å². The quantitative estimate of drug-likeness (QED) is 0.634. The largest absolute Gasteiger partial charge is 0.381 e. The third-order valence-corrected chi connectivity index (χ3v) is 4.71. The summed E-state index contributed by atoms with van der Waals surface area (Å²) in [4.78, 5) is 11.7. The Kier molecular flexibility index (Phi) is 5.40. The SMILES string of the molecule is Cc1nnc(SCCCNC(=O)C2CCOC2)s1. The van der Waals surface area contributed by atoms with E-state index in [1.165, 1.54) is 0 Å². The minimum absolute atomic E-state index is 0.0588. The standard InChI is InChI=1S/C11H17N3O2S2/c1-8-13-14-11(18-8)17-6-2-4-12-10(15)9-3-5-16-7-9/h9H,2-7H2,1H3,(H,12,15). The molecule has 100 valence electrons. The van der Waals surface area contributed by atoms with Crippen molar-refractivity contribution in [3.63, 3.8) is 0 Å². The highest BCUT2D eigenvalue weighted by Crippen LogP contribution is 2.22. The normalized spacial score (nSPS) is 19.1. The number of carbonyl (C=O) groups excluding carboxylic acids is 1. The molecule has 2 rings (SSSR count). The Balaban J connectivity index is 1.54. The summed E-state index contributed by atoms with van der Waals surface area (Å²) in [7, 11) is 0. The predicted octanol–water partition coefficient (Wildman–Crippen LogP) is 1.48. The van der Waals surface area contributed by atoms with Gasteiger partial charge >= 0.3 is 0 Å². The zero-order valence-electron chi connectivity index (χ0n) is 10.3. The Morgan fingerprint density at radius 1 is 1.61 bits per heavy atom. The Labute approximate surface area is 115 Å². The van der Waals surface area contributed by atoms with Crippen molar-refractivity contribution in [2.45, 2.75) is 24.1 Å². The van der Waals surface area contributed by atoms with E-state index >= 15 is 0 Å². The fourth-order valence-corrected chi connectivity index (χ4v) is 3.49. The van der Waals surface area contributed by atoms with Crippen molar-refractivity contribution in [3.05, 3.63) is 5.01 Å². The van der Waals surface area contributed by atoms with Crippen LogP contribution in [-0.2, 0) is 9.53 Å². The number of ether oxygens (including phenoxy) is 1. The van der Waals surface area contributed by atoms with Crippen molar-refractivity contribution in [2.75, 3.05) is 25.5 Å². The van der Waals surface area contributed by atoms with Crippen LogP contribution in [0.2, 0.25) is 0 Å². The van der Waals surface area contributed by atoms with Crippen LogP contribution < -0.4 is 5.32 Å². The van der Waals surface area contributed by atoms with Gasteiger partial charge in [-0.05, 0) is 19.8 Å². The van der Waals surface area contributed by atoms with E-state index in [0.29, 0.717) is 13.2 Å². The number of amides is 1. The lowest BCUT2D eigenvalue weighted by Gasteiger charge is -2.08. The first-order valence-corrected chi connectivity index (χ1v) is 7.84. The molecular formula is C11H17N3O2S2. The van der Waals surface area contributed by atoms with Crippen molar-refractivity contribution >= 4 is 29.0 Å². The second-order valence-corrected chi connectivity index (χ2v) is 6.66. The van der Waals surface area contributed by atoms with E-state index in [-0.39, 0.29) is 11.8 Å². The second-order valence-electron chi connectivity index (χ2n) is 4.14. The maximum absolute atomic E-state index is 11.7. The van der Waals surface area contributed by atoms with Gasteiger partial charge in [-0.3, -0.25) is 4.79 Å². The Morgan fingerprint density at radius 3 is 3.17 bits per heavy atom. The summed E-state index contributed by atoms with van der Waals surface area (Å²) < 4.78 is 6.19. The lowest BCUT2D eigenvalue weighted by atomic mass is 10.1. The van der Waals surface area contributed by atoms with Crippen LogP contribution in [-0.4, -0.2) is 41.6 Å². The lowest BCUT2D eigenvalue weighted by Crippen LogP contribution is -2.31. The second kappa shape index (κ2) is 7.06. The van der Waals surface area contributed by atoms with Crippen molar-refractivity contribution in [1.29, 1.82) is 0 Å². The minimum Gasteiger partial charge on any atom is -0.381 e. The molecule has 7 heteroatoms. The molecule has 0 aliphatic carbocycles. The van der Waals surface area contributed by atoms with Gasteiger partial charge in [0.15, 0.2) is 4.34 Å². The summed E-state index contributed by atoms with van der Waals surface area (Å²) in [6, 6.07) is 0. The van der Waals surface area contributed by atoms with Gasteiger partial charge in [-0.2, -0.15) is 0 Å². The molecule has 1 N–H and O–H groups in total. The van der Waals surface area contributed by atoms with E-state index < -0.39 is 0 Å². The van der Waals surface area contributed by atoms with Gasteiger partial charge in [-0.15, -0.1) is 10.2 Å². The maximum atomic E-state index is 11.7. The number of aryl methyl sites for hydroxylation is 1. The van der Waals surface area contributed by atoms with Crippen LogP contribution in [0, 0.1) is 12.8 Å². The molecule has 5 nitrogen and oxygen atoms in total. The summed E-state index contributed by atoms with van der Waals surface area (Å²) >= 11 is 3.30. The molecule has 1 aliphatic heterocycles. The first-order valence-electron chi connectivity index (χ1n) is 6.04. The van der Waals surface area contributed by atoms with Gasteiger partial charge in [0, 0.05) is 18.9 Å². The van der Waals surface area contributed by atoms with E-state index in [9.17, 15) is 4.79 Å². The van der Waals surface area contributed by atoms with Gasteiger partial charge in [-0.1, -0.05) is 23.1 Å². The number of nitrogens with zero attached hydrogens (tertiary/aromatic N) is 2. The molecule has 0 spiro atoms. The predicted molar refractivity (Wildman–Crippen MR) is 71.9 cm³/mol. The molecule has 0 radical (unpaired) electrons. The molecule has 0 aromatic carbocycles. The van der Waals surface area contributed by atoms with E-state index in [1.807, 2.05) is 6.92 Å². The number of rotatable bonds is 6. The zero-order valence-corrected chi connectivity index (χ0v) is 12.0. The topological polar surface area (TPSA) is 64.1 Å². The smallest absolute Gasteiger partial charge is 0.225 e. The Morgan fingerprint density at radius 2 is 2.50 bits per heavy atom. The van der Waals surface area contributed by atoms with Crippen molar-refractivity contribution in [2.24, 2.45) is 5.92 Å². The number of nitrogens with one attached hydrogen (secondary N) is 1. The van der Waals surface area contributed by atoms with Gasteiger partial charge < -0.3 is 10.1 Å². The monoisotopic (exact) mass is 287 g/mol. The summed E-state index contributed by atoms with van der Waals surface area (Å²) in [5.41, 5.74) is 0. The molecule has 1 fully saturated rings. The van der Waals surface area contributed by atoms with Crippen LogP contribution in [0.4, 0.5) is 0 Å². The molecule has 1 saturated heterocycles. The fraction of sp³-hybridized carbons (Fsp3) is 0.727. The molecule has 18 heavy (non-hydrogen) atoms. The minimum atomic E-state index is 0.0588. The number of thioether (sulfide) groups is 1. The van der Waals surface area contributed by atoms with Crippen LogP contribution in [0.1, 0.15) is 17.8 Å². The van der Waals surface area contributed by atoms with Crippen LogP contribution >= 0.6 is 23.1 Å². The van der Waals surface area contributed by atoms with Crippen LogP contribution in [0.5, 0.6) is 0 Å². The highest BCUT2D eigenvalue weighted by atomic mass is 32.2. The first-order chi connectivity index (χ1) is 8.75. The van der Waals surface area contributed by atoms with Gasteiger partial charge in [0.2, 0.25) is 5.91 Å². The molecule has 1 aromatic rings. The Hall–Kier alpha value is -0.660. The van der Waals surface area contributed by atoms with Crippen molar-refractivity contribution < 1.29 is 9.53 Å². The average Bonchev–Trinajstić information content (AvgIpc) is 2.99. The first kappa shape index (κ1) is 13.8. The average molecular weight is 287 g/mol. The van der Waals surface area contributed by atoms with E-state index in [0.717, 1.165) is 34.5 Å². The summed E-state index contributed by atoms with van der Waals surface area (Å²) in [6.45, 7) is 3.96. The Bertz CT molecular complexity index is 391. The summed E-state index contributed by atoms with van der Waals surface area (Å²) in [5.74, 6) is 1.14. The summed E-state index contributed by atoms with van der Waals surface area (Å²) in [6.07, 6.45) is 1.80. The molecule has 1 atom stereocenters. The highest BCUT2D eigenvalue weighted by molar-refractivity contribution is 8.01. The number of hydrogen-bond acceptors (Lipinski definition) is 6. The van der Waals surface area contributed by atoms with Crippen LogP contribution in [0.15, 0.2) is 4.34 Å². The molecule has 1 aromatic heterocycles. The number of aromatic nitrogens is 2. The third-order valence-electron chi connectivity index (χ3n) is 2.65. The van der Waals surface area contributed by atoms with Gasteiger partial charge in [-0.25, -0.2) is 0 Å². The highest BCUT2D eigenvalue weighted by Gasteiger charge is 2.22. The molecule has 0 saturated carbocycles. The van der Waals surface area contributed by atoms with Crippen LogP contribution in [0.25, 0.3) is 0 Å². The number of carbonyl (C=O) groups is 1. The van der Waals surface area contributed by atoms with E-state index in [2.05, 4.69) is 15.5 Å². The molecule has 2 heterocycles. The van der Waals surface area contributed by atoms with Crippen LogP contribution in [0.3, 0.4) is 0 Å². The third kappa shape index (κ3) is 4.22. The zero-order chi connectivity index (χ0) is 12.8. The molecule has 1 unspecified atom stereocenters. The number of hydrogen-bond donors (Lipinski definition) is 1. The van der Waals surface area contributed by atoms with Crippen molar-refractivity contribution in [1.82, 2.24) is 15.5 Å². The lowest BCUT2D eigenvalue weighted by molar-refractivity contribution is -0.124. The maximum Gasteiger partial charge on any atom is 0.225 e. The van der Waals surface area contributed by atoms with Gasteiger partial charge in [0.25, 0.3) is 0 Å². The summed E-state index contributed by atoms with van der Waals surface area (Å²) in [5, 5.41) is 11.9. The van der Waals surface area contributed by atoms with E-state index in [4.69, 9.17) is 4.74 Å². The fourth-order valence-electron chi connectivity index (χ4n) is 1.67. The van der Waals surface area contributed by atoms with Gasteiger partial charge in [0.05, 0.1) is 12.5 Å².